The maximum atomic E-state index is 12.0. The maximum absolute atomic E-state index is 12.0. The van der Waals surface area contributed by atoms with Crippen LogP contribution in [0.15, 0.2) is 24.3 Å². The molecule has 6 heteroatoms. The molecule has 0 aromatic heterocycles. The normalized spacial score (nSPS) is 16.1. The largest absolute Gasteiger partial charge is 0.493 e. The molecule has 0 radical (unpaired) electrons. The smallest absolute Gasteiger partial charge is 0.410 e. The van der Waals surface area contributed by atoms with Gasteiger partial charge in [0.15, 0.2) is 0 Å². The number of carbonyl (C=O) groups excluding carboxylic acids is 1. The lowest BCUT2D eigenvalue weighted by atomic mass is 10.2. The molecule has 0 unspecified atom stereocenters. The molecular formula is C18H27ClN2O3. The minimum absolute atomic E-state index is 0.216. The van der Waals surface area contributed by atoms with E-state index in [0.29, 0.717) is 24.7 Å². The first-order valence-corrected chi connectivity index (χ1v) is 8.80. The minimum Gasteiger partial charge on any atom is -0.493 e. The number of hydrogen-bond acceptors (Lipinski definition) is 4. The van der Waals surface area contributed by atoms with Gasteiger partial charge >= 0.3 is 6.09 Å². The van der Waals surface area contributed by atoms with Crippen molar-refractivity contribution in [2.75, 3.05) is 39.3 Å². The molecule has 1 aromatic carbocycles. The lowest BCUT2D eigenvalue weighted by Gasteiger charge is -2.35. The third-order valence-corrected chi connectivity index (χ3v) is 3.94. The van der Waals surface area contributed by atoms with Crippen molar-refractivity contribution < 1.29 is 14.3 Å². The van der Waals surface area contributed by atoms with Crippen LogP contribution in [0.1, 0.15) is 27.2 Å². The molecule has 2 rings (SSSR count). The molecule has 0 N–H and O–H groups in total. The van der Waals surface area contributed by atoms with Crippen LogP contribution in [0.25, 0.3) is 0 Å². The van der Waals surface area contributed by atoms with E-state index in [1.807, 2.05) is 45.0 Å². The summed E-state index contributed by atoms with van der Waals surface area (Å²) in [6, 6.07) is 7.44. The molecule has 0 saturated carbocycles. The van der Waals surface area contributed by atoms with Crippen LogP contribution >= 0.6 is 11.6 Å². The van der Waals surface area contributed by atoms with Gasteiger partial charge in [-0.3, -0.25) is 4.90 Å². The number of hydrogen-bond donors (Lipinski definition) is 0. The predicted octanol–water partition coefficient (Wildman–Crippen LogP) is 3.66. The highest BCUT2D eigenvalue weighted by atomic mass is 35.5. The van der Waals surface area contributed by atoms with Gasteiger partial charge < -0.3 is 14.4 Å². The Hall–Kier alpha value is -1.46. The summed E-state index contributed by atoms with van der Waals surface area (Å²) in [4.78, 5) is 16.2. The number of rotatable bonds is 5. The number of halogens is 1. The van der Waals surface area contributed by atoms with E-state index in [9.17, 15) is 4.79 Å². The van der Waals surface area contributed by atoms with Gasteiger partial charge in [0.05, 0.1) is 6.61 Å². The quantitative estimate of drug-likeness (QED) is 0.757. The Kier molecular flexibility index (Phi) is 6.75. The molecule has 0 bridgehead atoms. The van der Waals surface area contributed by atoms with Crippen LogP contribution in [0, 0.1) is 0 Å². The van der Waals surface area contributed by atoms with Crippen molar-refractivity contribution in [2.24, 2.45) is 0 Å². The average molecular weight is 355 g/mol. The van der Waals surface area contributed by atoms with E-state index in [1.54, 1.807) is 4.90 Å². The van der Waals surface area contributed by atoms with E-state index in [0.717, 1.165) is 31.8 Å². The van der Waals surface area contributed by atoms with Crippen LogP contribution in [0.5, 0.6) is 5.75 Å². The number of benzene rings is 1. The first-order chi connectivity index (χ1) is 11.3. The van der Waals surface area contributed by atoms with Gasteiger partial charge in [-0.05, 0) is 45.4 Å². The Balaban J connectivity index is 1.62. The Morgan fingerprint density at radius 2 is 1.92 bits per heavy atom. The Bertz CT molecular complexity index is 537. The van der Waals surface area contributed by atoms with Gasteiger partial charge in [-0.25, -0.2) is 4.79 Å². The number of piperazine rings is 1. The predicted molar refractivity (Wildman–Crippen MR) is 95.8 cm³/mol. The molecule has 1 saturated heterocycles. The van der Waals surface area contributed by atoms with Gasteiger partial charge in [0.25, 0.3) is 0 Å². The average Bonchev–Trinajstić information content (AvgIpc) is 2.50. The minimum atomic E-state index is -0.439. The van der Waals surface area contributed by atoms with Crippen molar-refractivity contribution in [3.63, 3.8) is 0 Å². The van der Waals surface area contributed by atoms with E-state index in [4.69, 9.17) is 21.1 Å². The lowest BCUT2D eigenvalue weighted by Crippen LogP contribution is -2.50. The summed E-state index contributed by atoms with van der Waals surface area (Å²) < 4.78 is 11.1. The van der Waals surface area contributed by atoms with E-state index in [2.05, 4.69) is 4.90 Å². The number of nitrogens with zero attached hydrogens (tertiary/aromatic N) is 2. The van der Waals surface area contributed by atoms with Gasteiger partial charge in [0.1, 0.15) is 11.4 Å². The van der Waals surface area contributed by atoms with Crippen molar-refractivity contribution in [3.05, 3.63) is 29.3 Å². The van der Waals surface area contributed by atoms with E-state index >= 15 is 0 Å². The molecule has 1 amide bonds. The molecule has 1 fully saturated rings. The van der Waals surface area contributed by atoms with Crippen LogP contribution in [-0.2, 0) is 4.74 Å². The van der Waals surface area contributed by atoms with E-state index in [-0.39, 0.29) is 6.09 Å². The number of carbonyl (C=O) groups is 1. The molecular weight excluding hydrogens is 328 g/mol. The Morgan fingerprint density at radius 3 is 2.54 bits per heavy atom. The molecule has 1 aromatic rings. The molecule has 1 aliphatic rings. The van der Waals surface area contributed by atoms with Gasteiger partial charge in [0.2, 0.25) is 0 Å². The molecule has 134 valence electrons. The number of ether oxygens (including phenoxy) is 2. The highest BCUT2D eigenvalue weighted by Gasteiger charge is 2.25. The second kappa shape index (κ2) is 8.58. The van der Waals surface area contributed by atoms with Crippen molar-refractivity contribution in [1.82, 2.24) is 9.80 Å². The van der Waals surface area contributed by atoms with Gasteiger partial charge in [-0.2, -0.15) is 0 Å². The van der Waals surface area contributed by atoms with Crippen molar-refractivity contribution in [2.45, 2.75) is 32.8 Å². The molecule has 0 atom stereocenters. The molecule has 0 spiro atoms. The number of amides is 1. The summed E-state index contributed by atoms with van der Waals surface area (Å²) in [6.07, 6.45) is 0.727. The first-order valence-electron chi connectivity index (χ1n) is 8.42. The zero-order valence-electron chi connectivity index (χ0n) is 14.8. The monoisotopic (exact) mass is 354 g/mol. The second-order valence-corrected chi connectivity index (χ2v) is 7.40. The molecule has 24 heavy (non-hydrogen) atoms. The van der Waals surface area contributed by atoms with Crippen LogP contribution < -0.4 is 4.74 Å². The topological polar surface area (TPSA) is 42.0 Å². The third kappa shape index (κ3) is 6.57. The summed E-state index contributed by atoms with van der Waals surface area (Å²) in [5, 5.41) is 0.686. The highest BCUT2D eigenvalue weighted by Crippen LogP contribution is 2.17. The fourth-order valence-electron chi connectivity index (χ4n) is 2.52. The summed E-state index contributed by atoms with van der Waals surface area (Å²) in [6.45, 7) is 10.5. The van der Waals surface area contributed by atoms with Gasteiger partial charge in [-0.15, -0.1) is 0 Å². The molecule has 1 aliphatic heterocycles. The molecule has 5 nitrogen and oxygen atoms in total. The first kappa shape index (κ1) is 18.9. The van der Waals surface area contributed by atoms with Crippen LogP contribution in [-0.4, -0.2) is 60.8 Å². The SMILES string of the molecule is CC(C)(C)OC(=O)N1CCN(CCCOc2cccc(Cl)c2)CC1. The lowest BCUT2D eigenvalue weighted by molar-refractivity contribution is 0.0142. The van der Waals surface area contributed by atoms with Crippen LogP contribution in [0.4, 0.5) is 4.79 Å². The summed E-state index contributed by atoms with van der Waals surface area (Å²) >= 11 is 5.93. The zero-order chi connectivity index (χ0) is 17.6. The van der Waals surface area contributed by atoms with Crippen LogP contribution in [0.3, 0.4) is 0 Å². The standard InChI is InChI=1S/C18H27ClN2O3/c1-18(2,3)24-17(22)21-11-9-20(10-12-21)8-5-13-23-16-7-4-6-15(19)14-16/h4,6-7,14H,5,8-13H2,1-3H3. The summed E-state index contributed by atoms with van der Waals surface area (Å²) in [7, 11) is 0. The third-order valence-electron chi connectivity index (χ3n) is 3.71. The maximum Gasteiger partial charge on any atom is 0.410 e. The van der Waals surface area contributed by atoms with Crippen LogP contribution in [0.2, 0.25) is 5.02 Å². The van der Waals surface area contributed by atoms with Gasteiger partial charge in [0, 0.05) is 37.7 Å². The fourth-order valence-corrected chi connectivity index (χ4v) is 2.70. The summed E-state index contributed by atoms with van der Waals surface area (Å²) in [5.41, 5.74) is -0.439. The summed E-state index contributed by atoms with van der Waals surface area (Å²) in [5.74, 6) is 0.803. The Labute approximate surface area is 149 Å². The van der Waals surface area contributed by atoms with E-state index in [1.165, 1.54) is 0 Å². The second-order valence-electron chi connectivity index (χ2n) is 6.97. The zero-order valence-corrected chi connectivity index (χ0v) is 15.5. The van der Waals surface area contributed by atoms with E-state index < -0.39 is 5.60 Å². The molecule has 1 heterocycles. The Morgan fingerprint density at radius 1 is 1.21 bits per heavy atom. The fraction of sp³-hybridized carbons (Fsp3) is 0.611. The van der Waals surface area contributed by atoms with Crippen molar-refractivity contribution >= 4 is 17.7 Å². The van der Waals surface area contributed by atoms with Gasteiger partial charge in [-0.1, -0.05) is 17.7 Å². The van der Waals surface area contributed by atoms with Crippen molar-refractivity contribution in [3.8, 4) is 5.75 Å². The highest BCUT2D eigenvalue weighted by molar-refractivity contribution is 6.30. The molecule has 0 aliphatic carbocycles. The van der Waals surface area contributed by atoms with Crippen molar-refractivity contribution in [1.29, 1.82) is 0 Å².